The van der Waals surface area contributed by atoms with E-state index < -0.39 is 16.7 Å². The summed E-state index contributed by atoms with van der Waals surface area (Å²) in [5, 5.41) is 10.6. The summed E-state index contributed by atoms with van der Waals surface area (Å²) in [5.41, 5.74) is 0.230. The number of benzene rings is 1. The summed E-state index contributed by atoms with van der Waals surface area (Å²) in [6.07, 6.45) is 2.35. The Labute approximate surface area is 96.7 Å². The van der Waals surface area contributed by atoms with Gasteiger partial charge in [0.1, 0.15) is 5.82 Å². The minimum Gasteiger partial charge on any atom is -0.466 e. The average molecular weight is 239 g/mol. The molecule has 1 aromatic rings. The topological polar surface area (TPSA) is 69.4 Å². The zero-order valence-electron chi connectivity index (χ0n) is 9.27. The van der Waals surface area contributed by atoms with Gasteiger partial charge >= 0.3 is 5.97 Å². The second kappa shape index (κ2) is 5.20. The lowest BCUT2D eigenvalue weighted by Gasteiger charge is -2.02. The first kappa shape index (κ1) is 12.8. The number of halogens is 1. The SMILES string of the molecule is COC(=O)C=Cc1cc(F)cc([N+](=O)[O-])c1C. The first-order valence-electron chi connectivity index (χ1n) is 4.66. The number of carbonyl (C=O) groups is 1. The number of carbonyl (C=O) groups excluding carboxylic acids is 1. The van der Waals surface area contributed by atoms with E-state index in [1.807, 2.05) is 0 Å². The van der Waals surface area contributed by atoms with Crippen molar-refractivity contribution < 1.29 is 18.8 Å². The van der Waals surface area contributed by atoms with Crippen LogP contribution in [-0.4, -0.2) is 18.0 Å². The number of nitro groups is 1. The fourth-order valence-electron chi connectivity index (χ4n) is 1.27. The van der Waals surface area contributed by atoms with Crippen LogP contribution >= 0.6 is 0 Å². The van der Waals surface area contributed by atoms with E-state index in [2.05, 4.69) is 4.74 Å². The van der Waals surface area contributed by atoms with E-state index in [1.54, 1.807) is 0 Å². The Balaban J connectivity index is 3.21. The van der Waals surface area contributed by atoms with Crippen LogP contribution in [0.4, 0.5) is 10.1 Å². The van der Waals surface area contributed by atoms with Gasteiger partial charge in [-0.05, 0) is 24.6 Å². The molecule has 0 saturated heterocycles. The summed E-state index contributed by atoms with van der Waals surface area (Å²) >= 11 is 0. The van der Waals surface area contributed by atoms with E-state index in [1.165, 1.54) is 20.1 Å². The molecule has 17 heavy (non-hydrogen) atoms. The number of ether oxygens (including phenoxy) is 1. The van der Waals surface area contributed by atoms with Crippen LogP contribution in [0.15, 0.2) is 18.2 Å². The van der Waals surface area contributed by atoms with Crippen molar-refractivity contribution in [1.29, 1.82) is 0 Å². The molecule has 1 rings (SSSR count). The molecule has 6 heteroatoms. The number of hydrogen-bond donors (Lipinski definition) is 0. The lowest BCUT2D eigenvalue weighted by molar-refractivity contribution is -0.385. The van der Waals surface area contributed by atoms with Crippen molar-refractivity contribution in [2.45, 2.75) is 6.92 Å². The standard InChI is InChI=1S/C11H10FNO4/c1-7-8(3-4-11(14)17-2)5-9(12)6-10(7)13(15)16/h3-6H,1-2H3. The minimum absolute atomic E-state index is 0.266. The third-order valence-electron chi connectivity index (χ3n) is 2.18. The molecule has 0 spiro atoms. The van der Waals surface area contributed by atoms with Gasteiger partial charge in [0.25, 0.3) is 5.69 Å². The van der Waals surface area contributed by atoms with Gasteiger partial charge in [0.05, 0.1) is 18.1 Å². The summed E-state index contributed by atoms with van der Waals surface area (Å²) in [6, 6.07) is 1.95. The van der Waals surface area contributed by atoms with Crippen LogP contribution in [0.2, 0.25) is 0 Å². The number of esters is 1. The van der Waals surface area contributed by atoms with Crippen LogP contribution in [0.5, 0.6) is 0 Å². The van der Waals surface area contributed by atoms with Gasteiger partial charge in [0.2, 0.25) is 0 Å². The van der Waals surface area contributed by atoms with Crippen LogP contribution in [0, 0.1) is 22.9 Å². The number of methoxy groups -OCH3 is 1. The molecule has 0 N–H and O–H groups in total. The lowest BCUT2D eigenvalue weighted by Crippen LogP contribution is -1.97. The Hall–Kier alpha value is -2.24. The maximum Gasteiger partial charge on any atom is 0.330 e. The number of hydrogen-bond acceptors (Lipinski definition) is 4. The van der Waals surface area contributed by atoms with Crippen molar-refractivity contribution in [3.63, 3.8) is 0 Å². The van der Waals surface area contributed by atoms with E-state index in [9.17, 15) is 19.3 Å². The molecule has 5 nitrogen and oxygen atoms in total. The molecule has 0 aliphatic carbocycles. The average Bonchev–Trinajstić information content (AvgIpc) is 2.28. The Morgan fingerprint density at radius 1 is 1.53 bits per heavy atom. The van der Waals surface area contributed by atoms with E-state index in [4.69, 9.17) is 0 Å². The van der Waals surface area contributed by atoms with Crippen LogP contribution < -0.4 is 0 Å². The largest absolute Gasteiger partial charge is 0.466 e. The number of nitro benzene ring substituents is 1. The van der Waals surface area contributed by atoms with Gasteiger partial charge < -0.3 is 4.74 Å². The maximum atomic E-state index is 13.1. The summed E-state index contributed by atoms with van der Waals surface area (Å²) in [4.78, 5) is 20.8. The highest BCUT2D eigenvalue weighted by atomic mass is 19.1. The second-order valence-corrected chi connectivity index (χ2v) is 3.25. The van der Waals surface area contributed by atoms with Gasteiger partial charge in [-0.2, -0.15) is 0 Å². The molecule has 0 saturated carbocycles. The normalized spacial score (nSPS) is 10.5. The summed E-state index contributed by atoms with van der Waals surface area (Å²) in [7, 11) is 1.20. The van der Waals surface area contributed by atoms with Gasteiger partial charge in [-0.15, -0.1) is 0 Å². The van der Waals surface area contributed by atoms with Crippen molar-refractivity contribution in [3.8, 4) is 0 Å². The first-order valence-corrected chi connectivity index (χ1v) is 4.66. The molecule has 0 radical (unpaired) electrons. The summed E-state index contributed by atoms with van der Waals surface area (Å²) < 4.78 is 17.5. The van der Waals surface area contributed by atoms with Gasteiger partial charge in [-0.3, -0.25) is 10.1 Å². The molecule has 0 aliphatic heterocycles. The van der Waals surface area contributed by atoms with Crippen molar-refractivity contribution in [2.24, 2.45) is 0 Å². The third-order valence-corrected chi connectivity index (χ3v) is 2.18. The van der Waals surface area contributed by atoms with Crippen LogP contribution in [0.3, 0.4) is 0 Å². The van der Waals surface area contributed by atoms with Gasteiger partial charge in [-0.25, -0.2) is 9.18 Å². The monoisotopic (exact) mass is 239 g/mol. The molecule has 0 atom stereocenters. The number of rotatable bonds is 3. The van der Waals surface area contributed by atoms with Crippen LogP contribution in [0.25, 0.3) is 6.08 Å². The quantitative estimate of drug-likeness (QED) is 0.351. The minimum atomic E-state index is -0.730. The molecule has 0 aliphatic rings. The summed E-state index contributed by atoms with van der Waals surface area (Å²) in [6.45, 7) is 1.48. The lowest BCUT2D eigenvalue weighted by atomic mass is 10.1. The van der Waals surface area contributed by atoms with Gasteiger partial charge in [-0.1, -0.05) is 0 Å². The molecule has 0 bridgehead atoms. The maximum absolute atomic E-state index is 13.1. The zero-order valence-corrected chi connectivity index (χ0v) is 9.27. The Morgan fingerprint density at radius 3 is 2.71 bits per heavy atom. The number of nitrogens with zero attached hydrogens (tertiary/aromatic N) is 1. The predicted octanol–water partition coefficient (Wildman–Crippen LogP) is 2.23. The molecule has 90 valence electrons. The highest BCUT2D eigenvalue weighted by Gasteiger charge is 2.15. The first-order chi connectivity index (χ1) is 7.95. The molecule has 0 amide bonds. The molecule has 0 heterocycles. The molecular weight excluding hydrogens is 229 g/mol. The molecular formula is C11H10FNO4. The third kappa shape index (κ3) is 3.10. The summed E-state index contributed by atoms with van der Waals surface area (Å²) in [5.74, 6) is -1.34. The van der Waals surface area contributed by atoms with Gasteiger partial charge in [0.15, 0.2) is 0 Å². The van der Waals surface area contributed by atoms with Crippen molar-refractivity contribution in [1.82, 2.24) is 0 Å². The van der Waals surface area contributed by atoms with E-state index in [-0.39, 0.29) is 16.8 Å². The smallest absolute Gasteiger partial charge is 0.330 e. The fourth-order valence-corrected chi connectivity index (χ4v) is 1.27. The van der Waals surface area contributed by atoms with Crippen molar-refractivity contribution in [2.75, 3.05) is 7.11 Å². The van der Waals surface area contributed by atoms with Crippen molar-refractivity contribution >= 4 is 17.7 Å². The highest BCUT2D eigenvalue weighted by molar-refractivity contribution is 5.87. The Morgan fingerprint density at radius 2 is 2.18 bits per heavy atom. The predicted molar refractivity (Wildman–Crippen MR) is 58.8 cm³/mol. The molecule has 1 aromatic carbocycles. The van der Waals surface area contributed by atoms with Crippen LogP contribution in [0.1, 0.15) is 11.1 Å². The van der Waals surface area contributed by atoms with Gasteiger partial charge in [0, 0.05) is 11.6 Å². The van der Waals surface area contributed by atoms with E-state index in [0.29, 0.717) is 0 Å². The highest BCUT2D eigenvalue weighted by Crippen LogP contribution is 2.24. The van der Waals surface area contributed by atoms with E-state index >= 15 is 0 Å². The van der Waals surface area contributed by atoms with Crippen LogP contribution in [-0.2, 0) is 9.53 Å². The van der Waals surface area contributed by atoms with E-state index in [0.717, 1.165) is 18.2 Å². The second-order valence-electron chi connectivity index (χ2n) is 3.25. The zero-order chi connectivity index (χ0) is 13.0. The molecule has 0 aromatic heterocycles. The Bertz CT molecular complexity index is 496. The Kier molecular flexibility index (Phi) is 3.92. The van der Waals surface area contributed by atoms with Crippen molar-refractivity contribution in [3.05, 3.63) is 45.3 Å². The molecule has 0 unspecified atom stereocenters. The molecule has 0 fully saturated rings. The fraction of sp³-hybridized carbons (Fsp3) is 0.182.